The van der Waals surface area contributed by atoms with Gasteiger partial charge in [-0.15, -0.1) is 0 Å². The number of carbonyl (C=O) groups excluding carboxylic acids is 2. The Bertz CT molecular complexity index is 3370. The van der Waals surface area contributed by atoms with Gasteiger partial charge in [-0.3, -0.25) is 9.59 Å². The summed E-state index contributed by atoms with van der Waals surface area (Å²) in [4.78, 5) is 22.4. The zero-order chi connectivity index (χ0) is 54.2. The number of methoxy groups -OCH3 is 5. The number of ketones is 1. The van der Waals surface area contributed by atoms with Crippen LogP contribution < -0.4 is 34.7 Å². The van der Waals surface area contributed by atoms with Gasteiger partial charge < -0.3 is 34.7 Å². The van der Waals surface area contributed by atoms with E-state index < -0.39 is 0 Å². The topological polar surface area (TPSA) is 166 Å². The molecule has 390 valence electrons. The number of nitrogens with zero attached hydrogens (tertiary/aromatic N) is 2. The van der Waals surface area contributed by atoms with Crippen molar-refractivity contribution in [3.05, 3.63) is 191 Å². The molecule has 0 radical (unpaired) electrons. The van der Waals surface area contributed by atoms with Crippen LogP contribution in [0.3, 0.4) is 0 Å². The van der Waals surface area contributed by atoms with E-state index in [2.05, 4.69) is 78.1 Å². The zero-order valence-electron chi connectivity index (χ0n) is 44.5. The first kappa shape index (κ1) is 56.7. The summed E-state index contributed by atoms with van der Waals surface area (Å²) in [5, 5.41) is 27.4. The van der Waals surface area contributed by atoms with Gasteiger partial charge in [-0.05, 0) is 177 Å². The highest BCUT2D eigenvalue weighted by Gasteiger charge is 2.17. The van der Waals surface area contributed by atoms with E-state index in [-0.39, 0.29) is 11.7 Å². The third kappa shape index (κ3) is 15.7. The molecule has 0 saturated carbocycles. The lowest BCUT2D eigenvalue weighted by molar-refractivity contribution is -0.118. The average Bonchev–Trinajstić information content (AvgIpc) is 3.46. The van der Waals surface area contributed by atoms with Gasteiger partial charge in [-0.1, -0.05) is 91.0 Å². The molecule has 11 nitrogen and oxygen atoms in total. The molecule has 2 aliphatic carbocycles. The molecule has 2 aliphatic rings. The summed E-state index contributed by atoms with van der Waals surface area (Å²) >= 11 is 0. The summed E-state index contributed by atoms with van der Waals surface area (Å²) in [6.07, 6.45) is 9.60. The van der Waals surface area contributed by atoms with Gasteiger partial charge in [0.05, 0.1) is 60.5 Å². The fraction of sp³-hybridized carbons (Fsp3) is 0.262. The first-order valence-corrected chi connectivity index (χ1v) is 25.5. The van der Waals surface area contributed by atoms with Crippen LogP contribution >= 0.6 is 0 Å². The third-order valence-electron chi connectivity index (χ3n) is 13.2. The highest BCUT2D eigenvalue weighted by atomic mass is 16.5. The number of Topliss-reactive ketones (excluding diaryl/α,β-unsaturated/α-hetero) is 1. The molecule has 0 saturated heterocycles. The molecule has 0 spiro atoms. The van der Waals surface area contributed by atoms with Gasteiger partial charge >= 0.3 is 0 Å². The monoisotopic (exact) mass is 1020 g/mol. The van der Waals surface area contributed by atoms with E-state index in [1.165, 1.54) is 50.7 Å². The maximum Gasteiger partial charge on any atom is 0.216 e. The van der Waals surface area contributed by atoms with E-state index in [1.54, 1.807) is 35.5 Å². The number of amides is 1. The smallest absolute Gasteiger partial charge is 0.216 e. The minimum absolute atomic E-state index is 0.00724. The average molecular weight is 1020 g/mol. The van der Waals surface area contributed by atoms with Crippen molar-refractivity contribution < 1.29 is 33.3 Å². The third-order valence-corrected chi connectivity index (χ3v) is 13.2. The standard InChI is InChI=1S/C15H17NO2.C13H15NO.C13H13NO.C13H11NO.C11H12O2/c1-11(17)16-9-8-13-5-3-4-12-6-7-14(18-2)10-15(12)13;3*1-15-12-6-5-10-3-2-4-11(7-8-14)13(10)9-12;1-13-9-6-5-8-3-2-4-11(12)10(8)7-9/h3-7,10H,8-9H2,1-2H3,(H,16,17);2-6,9H,7-8,14H2,1H3;4-6,9H,2-3,7H2,1H3;2-6,9H,7H2,1H3;5-7H,2-4H2,1H3. The molecule has 8 aromatic rings. The molecule has 0 atom stereocenters. The number of aryl methyl sites for hydroxylation is 2. The van der Waals surface area contributed by atoms with Crippen LogP contribution in [0.5, 0.6) is 28.7 Å². The van der Waals surface area contributed by atoms with Gasteiger partial charge in [0.25, 0.3) is 0 Å². The van der Waals surface area contributed by atoms with Crippen molar-refractivity contribution in [2.75, 3.05) is 48.6 Å². The van der Waals surface area contributed by atoms with E-state index >= 15 is 0 Å². The summed E-state index contributed by atoms with van der Waals surface area (Å²) in [7, 11) is 8.29. The zero-order valence-corrected chi connectivity index (χ0v) is 44.5. The Hall–Kier alpha value is -8.64. The van der Waals surface area contributed by atoms with Crippen molar-refractivity contribution in [3.8, 4) is 40.9 Å². The lowest BCUT2D eigenvalue weighted by Gasteiger charge is -2.16. The molecule has 11 heteroatoms. The van der Waals surface area contributed by atoms with Gasteiger partial charge in [-0.2, -0.15) is 10.5 Å². The van der Waals surface area contributed by atoms with Crippen LogP contribution in [0, 0.1) is 22.7 Å². The second-order valence-corrected chi connectivity index (χ2v) is 18.0. The number of carbonyl (C=O) groups is 2. The normalized spacial score (nSPS) is 11.8. The summed E-state index contributed by atoms with van der Waals surface area (Å²) in [5.41, 5.74) is 14.8. The molecule has 0 unspecified atom stereocenters. The molecular formula is C65H68N4O7. The van der Waals surface area contributed by atoms with Crippen LogP contribution in [-0.2, 0) is 36.9 Å². The minimum atomic E-state index is 0.00724. The lowest BCUT2D eigenvalue weighted by Crippen LogP contribution is -2.22. The van der Waals surface area contributed by atoms with Crippen molar-refractivity contribution in [3.63, 3.8) is 0 Å². The van der Waals surface area contributed by atoms with Gasteiger partial charge in [0.2, 0.25) is 5.91 Å². The molecule has 0 aromatic heterocycles. The van der Waals surface area contributed by atoms with Gasteiger partial charge in [0, 0.05) is 25.5 Å². The summed E-state index contributed by atoms with van der Waals surface area (Å²) in [5.74, 6) is 4.47. The number of hydrogen-bond donors (Lipinski definition) is 2. The summed E-state index contributed by atoms with van der Waals surface area (Å²) in [6, 6.07) is 52.8. The van der Waals surface area contributed by atoms with Crippen molar-refractivity contribution in [2.24, 2.45) is 5.73 Å². The van der Waals surface area contributed by atoms with Gasteiger partial charge in [0.1, 0.15) is 28.7 Å². The number of nitrogens with two attached hydrogens (primary N) is 1. The van der Waals surface area contributed by atoms with Gasteiger partial charge in [-0.25, -0.2) is 0 Å². The highest BCUT2D eigenvalue weighted by Crippen LogP contribution is 2.32. The van der Waals surface area contributed by atoms with Crippen molar-refractivity contribution in [1.82, 2.24) is 5.32 Å². The Morgan fingerprint density at radius 1 is 0.539 bits per heavy atom. The molecule has 0 aliphatic heterocycles. The Balaban J connectivity index is 0.000000155. The van der Waals surface area contributed by atoms with E-state index in [1.807, 2.05) is 91.0 Å². The van der Waals surface area contributed by atoms with E-state index in [0.29, 0.717) is 32.4 Å². The number of hydrogen-bond acceptors (Lipinski definition) is 10. The fourth-order valence-electron chi connectivity index (χ4n) is 9.23. The predicted octanol–water partition coefficient (Wildman–Crippen LogP) is 12.9. The Morgan fingerprint density at radius 3 is 1.47 bits per heavy atom. The first-order valence-electron chi connectivity index (χ1n) is 25.5. The van der Waals surface area contributed by atoms with E-state index in [9.17, 15) is 9.59 Å². The summed E-state index contributed by atoms with van der Waals surface area (Å²) in [6.45, 7) is 2.87. The maximum absolute atomic E-state index is 11.5. The Labute approximate surface area is 447 Å². The summed E-state index contributed by atoms with van der Waals surface area (Å²) < 4.78 is 25.9. The maximum atomic E-state index is 11.5. The highest BCUT2D eigenvalue weighted by molar-refractivity contribution is 5.99. The minimum Gasteiger partial charge on any atom is -0.497 e. The number of fused-ring (bicyclic) bond motifs is 5. The number of ether oxygens (including phenoxy) is 5. The van der Waals surface area contributed by atoms with Crippen LogP contribution in [0.4, 0.5) is 0 Å². The van der Waals surface area contributed by atoms with E-state index in [0.717, 1.165) is 100 Å². The molecule has 76 heavy (non-hydrogen) atoms. The molecule has 8 aromatic carbocycles. The fourth-order valence-corrected chi connectivity index (χ4v) is 9.23. The lowest BCUT2D eigenvalue weighted by atomic mass is 9.89. The Morgan fingerprint density at radius 2 is 0.987 bits per heavy atom. The van der Waals surface area contributed by atoms with Crippen LogP contribution in [0.15, 0.2) is 152 Å². The quantitative estimate of drug-likeness (QED) is 0.120. The van der Waals surface area contributed by atoms with Crippen molar-refractivity contribution in [2.45, 2.75) is 64.7 Å². The molecule has 0 bridgehead atoms. The molecule has 3 N–H and O–H groups in total. The largest absolute Gasteiger partial charge is 0.497 e. The molecular weight excluding hydrogens is 949 g/mol. The van der Waals surface area contributed by atoms with Crippen molar-refractivity contribution in [1.29, 1.82) is 10.5 Å². The van der Waals surface area contributed by atoms with Crippen LogP contribution in [0.2, 0.25) is 0 Å². The molecule has 10 rings (SSSR count). The molecule has 0 fully saturated rings. The van der Waals surface area contributed by atoms with Crippen LogP contribution in [0.1, 0.15) is 76.3 Å². The Kier molecular flexibility index (Phi) is 21.8. The predicted molar refractivity (Wildman–Crippen MR) is 306 cm³/mol. The van der Waals surface area contributed by atoms with Crippen LogP contribution in [-0.4, -0.2) is 60.3 Å². The van der Waals surface area contributed by atoms with E-state index in [4.69, 9.17) is 39.9 Å². The number of nitriles is 2. The second-order valence-electron chi connectivity index (χ2n) is 18.0. The second kappa shape index (κ2) is 29.3. The first-order chi connectivity index (χ1) is 37.1. The molecule has 0 heterocycles. The van der Waals surface area contributed by atoms with Crippen molar-refractivity contribution >= 4 is 49.6 Å². The number of allylic oxidation sites excluding steroid dienone is 2. The number of rotatable bonds is 12. The number of nitrogens with one attached hydrogen (secondary N) is 1. The van der Waals surface area contributed by atoms with Gasteiger partial charge in [0.15, 0.2) is 5.78 Å². The SMILES string of the molecule is COc1ccc2c(c1)C(=O)CCC2.COc1ccc2c(c1)C(CC#N)=CCC2.COc1ccc2cccc(CC#N)c2c1.COc1ccc2cccc(CCN)c2c1.COc1ccc2cccc(CCNC(C)=O)c2c1. The number of benzene rings is 8. The van der Waals surface area contributed by atoms with Crippen LogP contribution in [0.25, 0.3) is 37.9 Å². The molecule has 1 amide bonds.